The highest BCUT2D eigenvalue weighted by atomic mass is 19.1. The number of nitrogens with zero attached hydrogens (tertiary/aromatic N) is 1. The topological polar surface area (TPSA) is 129 Å². The van der Waals surface area contributed by atoms with Gasteiger partial charge in [-0.25, -0.2) is 22.9 Å². The summed E-state index contributed by atoms with van der Waals surface area (Å²) in [6.07, 6.45) is 4.04. The molecule has 3 aromatic carbocycles. The summed E-state index contributed by atoms with van der Waals surface area (Å²) in [5, 5.41) is 12.5. The molecule has 4 bridgehead atoms. The first-order chi connectivity index (χ1) is 22.3. The molecule has 0 radical (unpaired) electrons. The van der Waals surface area contributed by atoms with E-state index in [0.717, 1.165) is 0 Å². The highest BCUT2D eigenvalue weighted by Crippen LogP contribution is 2.37. The van der Waals surface area contributed by atoms with Crippen molar-refractivity contribution < 1.29 is 37.3 Å². The number of aromatic nitrogens is 3. The van der Waals surface area contributed by atoms with Gasteiger partial charge < -0.3 is 29.9 Å². The fourth-order valence-electron chi connectivity index (χ4n) is 5.84. The number of aryl methyl sites for hydroxylation is 1. The Labute approximate surface area is 261 Å². The van der Waals surface area contributed by atoms with E-state index in [0.29, 0.717) is 47.0 Å². The minimum Gasteiger partial charge on any atom is -0.481 e. The molecule has 1 unspecified atom stereocenters. The summed E-state index contributed by atoms with van der Waals surface area (Å²) in [7, 11) is 0. The van der Waals surface area contributed by atoms with Crippen LogP contribution in [0.5, 0.6) is 11.5 Å². The number of hydrogen-bond acceptors (Lipinski definition) is 5. The first-order valence-electron chi connectivity index (χ1n) is 15.0. The van der Waals surface area contributed by atoms with Gasteiger partial charge >= 0.3 is 12.1 Å². The van der Waals surface area contributed by atoms with E-state index in [-0.39, 0.29) is 60.9 Å². The number of H-pyrrole nitrogens is 2. The predicted molar refractivity (Wildman–Crippen MR) is 163 cm³/mol. The van der Waals surface area contributed by atoms with Crippen molar-refractivity contribution in [2.75, 3.05) is 13.2 Å². The number of nitrogens with one attached hydrogen (secondary N) is 3. The molecule has 0 spiro atoms. The Morgan fingerprint density at radius 3 is 2.78 bits per heavy atom. The van der Waals surface area contributed by atoms with Gasteiger partial charge in [-0.3, -0.25) is 4.79 Å². The van der Waals surface area contributed by atoms with E-state index in [1.807, 2.05) is 0 Å². The zero-order valence-corrected chi connectivity index (χ0v) is 24.7. The normalized spacial score (nSPS) is 15.9. The van der Waals surface area contributed by atoms with Crippen molar-refractivity contribution >= 4 is 23.0 Å². The van der Waals surface area contributed by atoms with Crippen LogP contribution in [-0.2, 0) is 22.4 Å². The van der Waals surface area contributed by atoms with Crippen molar-refractivity contribution in [1.29, 1.82) is 0 Å². The number of carboxylic acid groups (broad SMARTS) is 1. The van der Waals surface area contributed by atoms with Crippen LogP contribution in [0, 0.1) is 17.5 Å². The average Bonchev–Trinajstić information content (AvgIpc) is 3.71. The highest BCUT2D eigenvalue weighted by molar-refractivity contribution is 5.86. The number of benzene rings is 3. The molecule has 1 atom stereocenters. The molecule has 46 heavy (non-hydrogen) atoms. The van der Waals surface area contributed by atoms with Crippen LogP contribution in [0.4, 0.5) is 18.0 Å². The van der Waals surface area contributed by atoms with Crippen LogP contribution in [0.3, 0.4) is 0 Å². The highest BCUT2D eigenvalue weighted by Gasteiger charge is 2.24. The molecule has 4 N–H and O–H groups in total. The third kappa shape index (κ3) is 6.56. The van der Waals surface area contributed by atoms with Crippen LogP contribution < -0.4 is 10.1 Å². The molecule has 1 aliphatic rings. The van der Waals surface area contributed by atoms with Gasteiger partial charge in [0.15, 0.2) is 11.6 Å². The fraction of sp³-hybridized carbons (Fsp3) is 0.265. The average molecular weight is 633 g/mol. The quantitative estimate of drug-likeness (QED) is 0.164. The third-order valence-corrected chi connectivity index (χ3v) is 8.11. The third-order valence-electron chi connectivity index (χ3n) is 8.11. The zero-order chi connectivity index (χ0) is 32.2. The second-order valence-electron chi connectivity index (χ2n) is 11.1. The molecule has 3 heterocycles. The number of halogens is 3. The standard InChI is InChI=1S/C34H31F3N4O5/c35-26-9-8-20-16-25(26)33-40-18-29(41-33)21(23-6-3-4-19(31(23)37)7-10-30(42)43)5-1-2-15-45-34(44)39-14-12-24-22-11-13-38-28(22)17-27(36)32(24)46-20/h3-4,6,8-9,11,13,16-18,21,38H,1-2,5,7,10,12,14-15H2,(H,39,44)(H,40,41)(H,42,43). The van der Waals surface area contributed by atoms with Crippen LogP contribution in [0.25, 0.3) is 22.3 Å². The van der Waals surface area contributed by atoms with Crippen molar-refractivity contribution in [2.45, 2.75) is 44.4 Å². The number of alkyl carbamates (subject to hydrolysis) is 1. The van der Waals surface area contributed by atoms with E-state index in [1.165, 1.54) is 30.5 Å². The molecule has 5 aromatic rings. The molecule has 9 nitrogen and oxygen atoms in total. The van der Waals surface area contributed by atoms with E-state index in [2.05, 4.69) is 20.3 Å². The summed E-state index contributed by atoms with van der Waals surface area (Å²) in [6, 6.07) is 11.9. The second-order valence-corrected chi connectivity index (χ2v) is 11.1. The van der Waals surface area contributed by atoms with Gasteiger partial charge in [-0.1, -0.05) is 18.2 Å². The maximum absolute atomic E-state index is 15.8. The fourth-order valence-corrected chi connectivity index (χ4v) is 5.84. The Kier molecular flexibility index (Phi) is 8.95. The maximum Gasteiger partial charge on any atom is 0.407 e. The molecule has 0 fully saturated rings. The largest absolute Gasteiger partial charge is 0.481 e. The van der Waals surface area contributed by atoms with Gasteiger partial charge in [0.1, 0.15) is 23.2 Å². The number of carboxylic acids is 1. The summed E-state index contributed by atoms with van der Waals surface area (Å²) in [5.74, 6) is -3.06. The van der Waals surface area contributed by atoms with Gasteiger partial charge in [-0.15, -0.1) is 0 Å². The number of cyclic esters (lactones) is 1. The predicted octanol–water partition coefficient (Wildman–Crippen LogP) is 7.37. The molecule has 0 saturated carbocycles. The maximum atomic E-state index is 15.8. The molecule has 1 amide bonds. The van der Waals surface area contributed by atoms with E-state index in [4.69, 9.17) is 14.6 Å². The van der Waals surface area contributed by atoms with Crippen molar-refractivity contribution in [2.24, 2.45) is 0 Å². The van der Waals surface area contributed by atoms with Gasteiger partial charge in [-0.05, 0) is 67.5 Å². The molecular formula is C34H31F3N4O5. The molecule has 1 aliphatic heterocycles. The van der Waals surface area contributed by atoms with Crippen molar-refractivity contribution in [3.63, 3.8) is 0 Å². The molecular weight excluding hydrogens is 601 g/mol. The van der Waals surface area contributed by atoms with E-state index >= 15 is 13.2 Å². The number of amides is 1. The lowest BCUT2D eigenvalue weighted by Crippen LogP contribution is -2.27. The van der Waals surface area contributed by atoms with Crippen LogP contribution >= 0.6 is 0 Å². The Bertz CT molecular complexity index is 1900. The summed E-state index contributed by atoms with van der Waals surface area (Å²) < 4.78 is 57.8. The van der Waals surface area contributed by atoms with E-state index < -0.39 is 35.4 Å². The number of rotatable bonds is 4. The number of fused-ring (bicyclic) bond motifs is 8. The smallest absolute Gasteiger partial charge is 0.407 e. The lowest BCUT2D eigenvalue weighted by Gasteiger charge is -2.18. The number of carbonyl (C=O) groups excluding carboxylic acids is 1. The molecule has 0 saturated heterocycles. The first kappa shape index (κ1) is 30.8. The Morgan fingerprint density at radius 2 is 1.93 bits per heavy atom. The number of carbonyl (C=O) groups is 2. The van der Waals surface area contributed by atoms with E-state index in [9.17, 15) is 9.59 Å². The van der Waals surface area contributed by atoms with Crippen LogP contribution in [0.15, 0.2) is 60.9 Å². The van der Waals surface area contributed by atoms with Gasteiger partial charge in [0, 0.05) is 59.5 Å². The Hall–Kier alpha value is -5.26. The minimum absolute atomic E-state index is 0.0240. The monoisotopic (exact) mass is 632 g/mol. The van der Waals surface area contributed by atoms with Gasteiger partial charge in [0.25, 0.3) is 0 Å². The van der Waals surface area contributed by atoms with Gasteiger partial charge in [0.2, 0.25) is 0 Å². The molecule has 2 aromatic heterocycles. The van der Waals surface area contributed by atoms with Crippen molar-refractivity contribution in [3.8, 4) is 22.9 Å². The van der Waals surface area contributed by atoms with Gasteiger partial charge in [0.05, 0.1) is 12.2 Å². The number of ether oxygens (including phenoxy) is 2. The molecule has 12 heteroatoms. The first-order valence-corrected chi connectivity index (χ1v) is 15.0. The van der Waals surface area contributed by atoms with Crippen molar-refractivity contribution in [3.05, 3.63) is 101 Å². The molecule has 0 aliphatic carbocycles. The number of imidazole rings is 1. The van der Waals surface area contributed by atoms with Crippen LogP contribution in [0.1, 0.15) is 54.0 Å². The zero-order valence-electron chi connectivity index (χ0n) is 24.7. The van der Waals surface area contributed by atoms with Crippen LogP contribution in [0.2, 0.25) is 0 Å². The summed E-state index contributed by atoms with van der Waals surface area (Å²) >= 11 is 0. The number of aromatic amines is 2. The lowest BCUT2D eigenvalue weighted by atomic mass is 9.88. The second kappa shape index (κ2) is 13.4. The summed E-state index contributed by atoms with van der Waals surface area (Å²) in [4.78, 5) is 34.1. The number of hydrogen-bond donors (Lipinski definition) is 4. The Morgan fingerprint density at radius 1 is 1.07 bits per heavy atom. The molecule has 6 rings (SSSR count). The SMILES string of the molecule is O=C(O)CCc1cccc(C2CCCCOC(=O)NCCc3c(c(F)cc4[nH]ccc34)Oc3ccc(F)c(c3)-c3ncc2[nH]3)c1F. The van der Waals surface area contributed by atoms with Crippen LogP contribution in [-0.4, -0.2) is 45.3 Å². The summed E-state index contributed by atoms with van der Waals surface area (Å²) in [6.45, 7) is 0.253. The Balaban J connectivity index is 1.40. The van der Waals surface area contributed by atoms with Gasteiger partial charge in [-0.2, -0.15) is 0 Å². The lowest BCUT2D eigenvalue weighted by molar-refractivity contribution is -0.136. The molecule has 238 valence electrons. The van der Waals surface area contributed by atoms with E-state index in [1.54, 1.807) is 30.5 Å². The minimum atomic E-state index is -1.03. The van der Waals surface area contributed by atoms with Crippen molar-refractivity contribution in [1.82, 2.24) is 20.3 Å². The number of aliphatic carboxylic acids is 1. The summed E-state index contributed by atoms with van der Waals surface area (Å²) in [5.41, 5.74) is 2.26.